The van der Waals surface area contributed by atoms with Crippen molar-refractivity contribution in [2.24, 2.45) is 5.16 Å². The van der Waals surface area contributed by atoms with Gasteiger partial charge in [-0.05, 0) is 25.0 Å². The molecule has 0 amide bonds. The van der Waals surface area contributed by atoms with Gasteiger partial charge < -0.3 is 9.94 Å². The highest BCUT2D eigenvalue weighted by Crippen LogP contribution is 2.22. The van der Waals surface area contributed by atoms with E-state index in [9.17, 15) is 4.79 Å². The van der Waals surface area contributed by atoms with Crippen molar-refractivity contribution in [2.75, 3.05) is 26.2 Å². The summed E-state index contributed by atoms with van der Waals surface area (Å²) in [6.45, 7) is 4.25. The van der Waals surface area contributed by atoms with E-state index in [2.05, 4.69) is 10.1 Å². The summed E-state index contributed by atoms with van der Waals surface area (Å²) in [5.74, 6) is -0.857. The lowest BCUT2D eigenvalue weighted by Gasteiger charge is -2.24. The molecule has 0 saturated heterocycles. The van der Waals surface area contributed by atoms with Crippen LogP contribution >= 0.6 is 24.0 Å². The van der Waals surface area contributed by atoms with E-state index in [1.807, 2.05) is 55.5 Å². The number of aliphatic carboxylic acids is 1. The van der Waals surface area contributed by atoms with Crippen molar-refractivity contribution in [1.82, 2.24) is 4.90 Å². The van der Waals surface area contributed by atoms with E-state index < -0.39 is 5.97 Å². The van der Waals surface area contributed by atoms with Gasteiger partial charge in [0.1, 0.15) is 12.3 Å². The van der Waals surface area contributed by atoms with Crippen LogP contribution in [0.5, 0.6) is 0 Å². The number of carbonyl (C=O) groups is 1. The molecule has 0 atom stereocenters. The number of nitrogens with zero attached hydrogens (tertiary/aromatic N) is 2. The summed E-state index contributed by atoms with van der Waals surface area (Å²) in [7, 11) is 0. The Morgan fingerprint density at radius 1 is 1.17 bits per heavy atom. The second-order valence-electron chi connectivity index (χ2n) is 6.67. The molecule has 0 unspecified atom stereocenters. The summed E-state index contributed by atoms with van der Waals surface area (Å²) in [5, 5.41) is 14.2. The van der Waals surface area contributed by atoms with Crippen LogP contribution in [0.1, 0.15) is 23.1 Å². The third-order valence-electron chi connectivity index (χ3n) is 4.69. The third-order valence-corrected chi connectivity index (χ3v) is 5.02. The minimum absolute atomic E-state index is 0. The van der Waals surface area contributed by atoms with Crippen LogP contribution < -0.4 is 0 Å². The monoisotopic (exact) mass is 434 g/mol. The number of carboxylic acids is 1. The van der Waals surface area contributed by atoms with Crippen molar-refractivity contribution in [1.29, 1.82) is 0 Å². The van der Waals surface area contributed by atoms with Gasteiger partial charge in [0.25, 0.3) is 0 Å². The average Bonchev–Trinajstić information content (AvgIpc) is 2.70. The molecule has 0 spiro atoms. The first-order chi connectivity index (χ1) is 13.6. The Morgan fingerprint density at radius 3 is 2.55 bits per heavy atom. The predicted molar refractivity (Wildman–Crippen MR) is 118 cm³/mol. The lowest BCUT2D eigenvalue weighted by molar-refractivity contribution is -0.133. The quantitative estimate of drug-likeness (QED) is 0.394. The molecule has 0 aromatic heterocycles. The first-order valence-corrected chi connectivity index (χ1v) is 9.59. The lowest BCUT2D eigenvalue weighted by Crippen LogP contribution is -2.34. The zero-order valence-electron chi connectivity index (χ0n) is 16.2. The van der Waals surface area contributed by atoms with E-state index in [-0.39, 0.29) is 12.4 Å². The second kappa shape index (κ2) is 11.0. The van der Waals surface area contributed by atoms with Gasteiger partial charge in [-0.3, -0.25) is 4.90 Å². The maximum atomic E-state index is 11.1. The van der Waals surface area contributed by atoms with Crippen LogP contribution in [-0.2, 0) is 9.63 Å². The summed E-state index contributed by atoms with van der Waals surface area (Å²) in [6, 6.07) is 15.5. The molecular formula is C22H24Cl2N2O3. The summed E-state index contributed by atoms with van der Waals surface area (Å²) >= 11 is 6.40. The summed E-state index contributed by atoms with van der Waals surface area (Å²) in [6.07, 6.45) is 2.52. The van der Waals surface area contributed by atoms with Crippen LogP contribution in [-0.4, -0.2) is 47.9 Å². The number of rotatable bonds is 7. The number of carboxylic acid groups (broad SMARTS) is 1. The topological polar surface area (TPSA) is 62.1 Å². The van der Waals surface area contributed by atoms with E-state index in [1.165, 1.54) is 0 Å². The maximum absolute atomic E-state index is 11.1. The fourth-order valence-electron chi connectivity index (χ4n) is 3.17. The zero-order valence-corrected chi connectivity index (χ0v) is 17.7. The Hall–Kier alpha value is -2.34. The van der Waals surface area contributed by atoms with Crippen LogP contribution in [0.4, 0.5) is 0 Å². The van der Waals surface area contributed by atoms with Gasteiger partial charge >= 0.3 is 5.97 Å². The largest absolute Gasteiger partial charge is 0.478 e. The highest BCUT2D eigenvalue weighted by Gasteiger charge is 2.17. The molecule has 7 heteroatoms. The molecule has 0 fully saturated rings. The Bertz CT molecular complexity index is 865. The minimum Gasteiger partial charge on any atom is -0.478 e. The molecule has 2 aromatic rings. The van der Waals surface area contributed by atoms with E-state index in [1.54, 1.807) is 6.08 Å². The first-order valence-electron chi connectivity index (χ1n) is 9.22. The second-order valence-corrected chi connectivity index (χ2v) is 7.07. The molecule has 0 saturated carbocycles. The number of hydrogen-bond acceptors (Lipinski definition) is 4. The first kappa shape index (κ1) is 22.9. The number of hydrogen-bond donors (Lipinski definition) is 1. The lowest BCUT2D eigenvalue weighted by atomic mass is 9.98. The van der Waals surface area contributed by atoms with Crippen molar-refractivity contribution in [2.45, 2.75) is 13.3 Å². The molecule has 0 bridgehead atoms. The van der Waals surface area contributed by atoms with Gasteiger partial charge in [-0.15, -0.1) is 12.4 Å². The summed E-state index contributed by atoms with van der Waals surface area (Å²) < 4.78 is 0. The number of oxime groups is 1. The van der Waals surface area contributed by atoms with Gasteiger partial charge in [0.2, 0.25) is 0 Å². The van der Waals surface area contributed by atoms with E-state index in [4.69, 9.17) is 21.5 Å². The normalized spacial score (nSPS) is 14.7. The van der Waals surface area contributed by atoms with E-state index in [0.717, 1.165) is 29.7 Å². The fourth-order valence-corrected chi connectivity index (χ4v) is 3.39. The molecule has 1 aliphatic heterocycles. The molecule has 3 rings (SSSR count). The SMILES string of the molecule is Cc1ccccc1/C(=N\OCCN1CCC=C(C(=O)O)C1)c1ccccc1Cl.Cl. The van der Waals surface area contributed by atoms with Gasteiger partial charge in [-0.2, -0.15) is 0 Å². The van der Waals surface area contributed by atoms with Crippen LogP contribution in [0, 0.1) is 6.92 Å². The molecule has 0 radical (unpaired) electrons. The standard InChI is InChI=1S/C22H23ClN2O3.ClH/c1-16-7-2-3-9-18(16)21(19-10-4-5-11-20(19)23)24-28-14-13-25-12-6-8-17(15-25)22(26)27;/h2-5,7-11H,6,12-15H2,1H3,(H,26,27);1H/b24-21+;. The molecule has 1 N–H and O–H groups in total. The Labute approximate surface area is 182 Å². The van der Waals surface area contributed by atoms with Crippen molar-refractivity contribution >= 4 is 35.7 Å². The molecule has 2 aromatic carbocycles. The molecule has 29 heavy (non-hydrogen) atoms. The zero-order chi connectivity index (χ0) is 19.9. The van der Waals surface area contributed by atoms with Gasteiger partial charge in [0, 0.05) is 36.3 Å². The molecule has 1 aliphatic rings. The van der Waals surface area contributed by atoms with Crippen LogP contribution in [0.3, 0.4) is 0 Å². The van der Waals surface area contributed by atoms with Crippen molar-refractivity contribution in [3.8, 4) is 0 Å². The van der Waals surface area contributed by atoms with Gasteiger partial charge in [-0.25, -0.2) is 4.79 Å². The number of aryl methyl sites for hydroxylation is 1. The van der Waals surface area contributed by atoms with Gasteiger partial charge in [-0.1, -0.05) is 65.3 Å². The molecular weight excluding hydrogens is 411 g/mol. The highest BCUT2D eigenvalue weighted by molar-refractivity contribution is 6.35. The smallest absolute Gasteiger partial charge is 0.332 e. The highest BCUT2D eigenvalue weighted by atomic mass is 35.5. The van der Waals surface area contributed by atoms with Crippen LogP contribution in [0.15, 0.2) is 65.3 Å². The van der Waals surface area contributed by atoms with Crippen molar-refractivity contribution in [3.05, 3.63) is 81.9 Å². The molecule has 5 nitrogen and oxygen atoms in total. The van der Waals surface area contributed by atoms with E-state index in [0.29, 0.717) is 36.0 Å². The van der Waals surface area contributed by atoms with Gasteiger partial charge in [0.15, 0.2) is 0 Å². The van der Waals surface area contributed by atoms with Gasteiger partial charge in [0.05, 0.1) is 5.02 Å². The van der Waals surface area contributed by atoms with Crippen LogP contribution in [0.25, 0.3) is 0 Å². The number of benzene rings is 2. The molecule has 0 aliphatic carbocycles. The Morgan fingerprint density at radius 2 is 1.86 bits per heavy atom. The maximum Gasteiger partial charge on any atom is 0.332 e. The van der Waals surface area contributed by atoms with E-state index >= 15 is 0 Å². The van der Waals surface area contributed by atoms with Crippen molar-refractivity contribution in [3.63, 3.8) is 0 Å². The average molecular weight is 435 g/mol. The summed E-state index contributed by atoms with van der Waals surface area (Å²) in [5.41, 5.74) is 3.98. The fraction of sp³-hybridized carbons (Fsp3) is 0.273. The number of halogens is 2. The van der Waals surface area contributed by atoms with Crippen LogP contribution in [0.2, 0.25) is 5.02 Å². The van der Waals surface area contributed by atoms with Crippen molar-refractivity contribution < 1.29 is 14.7 Å². The minimum atomic E-state index is -0.857. The Kier molecular flexibility index (Phi) is 8.70. The molecule has 1 heterocycles. The predicted octanol–water partition coefficient (Wildman–Crippen LogP) is 4.56. The molecule has 154 valence electrons. The summed E-state index contributed by atoms with van der Waals surface area (Å²) in [4.78, 5) is 18.8. The third kappa shape index (κ3) is 6.07. The Balaban J connectivity index is 0.00000300.